The Morgan fingerprint density at radius 2 is 2.04 bits per heavy atom. The number of nitrogens with one attached hydrogen (secondary N) is 1. The molecule has 0 radical (unpaired) electrons. The van der Waals surface area contributed by atoms with Gasteiger partial charge in [-0.05, 0) is 41.5 Å². The minimum Gasteiger partial charge on any atom is -0.241 e. The number of aromatic nitrogens is 4. The fraction of sp³-hybridized carbons (Fsp3) is 0.500. The van der Waals surface area contributed by atoms with Gasteiger partial charge in [-0.2, -0.15) is 9.40 Å². The van der Waals surface area contributed by atoms with Gasteiger partial charge in [-0.25, -0.2) is 18.4 Å². The van der Waals surface area contributed by atoms with Crippen molar-refractivity contribution in [3.8, 4) is 5.69 Å². The van der Waals surface area contributed by atoms with Gasteiger partial charge < -0.3 is 0 Å². The fourth-order valence-electron chi connectivity index (χ4n) is 2.71. The number of benzene rings is 1. The Bertz CT molecular complexity index is 818. The zero-order valence-electron chi connectivity index (χ0n) is 13.9. The standard InChI is InChI=1S/C14H21N7O2S2/c1-19(20-8-3-2-4-9-20)11-15-25(22,23)13-7-5-6-12(10-13)21-14(24)16-17-18-21/h5-7,10,15H,2-4,8-9,11H2,1H3,(H,16,18,24). The molecule has 1 aromatic carbocycles. The maximum absolute atomic E-state index is 12.6. The van der Waals surface area contributed by atoms with Crippen molar-refractivity contribution in [2.75, 3.05) is 26.8 Å². The smallest absolute Gasteiger partial charge is 0.241 e. The van der Waals surface area contributed by atoms with Crippen LogP contribution in [0.2, 0.25) is 0 Å². The van der Waals surface area contributed by atoms with E-state index in [0.717, 1.165) is 25.9 Å². The summed E-state index contributed by atoms with van der Waals surface area (Å²) in [5.41, 5.74) is 0.530. The van der Waals surface area contributed by atoms with Gasteiger partial charge in [0.15, 0.2) is 0 Å². The van der Waals surface area contributed by atoms with E-state index in [0.29, 0.717) is 5.69 Å². The van der Waals surface area contributed by atoms with Crippen LogP contribution in [-0.4, -0.2) is 65.4 Å². The van der Waals surface area contributed by atoms with Gasteiger partial charge in [-0.15, -0.1) is 17.7 Å². The monoisotopic (exact) mass is 383 g/mol. The number of sulfonamides is 1. The van der Waals surface area contributed by atoms with Crippen LogP contribution in [0.1, 0.15) is 19.3 Å². The largest absolute Gasteiger partial charge is 0.241 e. The van der Waals surface area contributed by atoms with Gasteiger partial charge in [-0.1, -0.05) is 12.5 Å². The molecule has 1 fully saturated rings. The molecule has 0 unspecified atom stereocenters. The maximum Gasteiger partial charge on any atom is 0.241 e. The normalized spacial score (nSPS) is 16.4. The van der Waals surface area contributed by atoms with E-state index in [9.17, 15) is 8.42 Å². The lowest BCUT2D eigenvalue weighted by molar-refractivity contribution is -0.0175. The molecule has 2 heterocycles. The number of hydrogen-bond acceptors (Lipinski definition) is 8. The Morgan fingerprint density at radius 1 is 1.28 bits per heavy atom. The first kappa shape index (κ1) is 18.3. The number of hydrogen-bond donors (Lipinski definition) is 2. The molecule has 1 aliphatic rings. The Balaban J connectivity index is 1.71. The highest BCUT2D eigenvalue weighted by Crippen LogP contribution is 2.16. The van der Waals surface area contributed by atoms with E-state index in [4.69, 9.17) is 0 Å². The number of nitrogens with zero attached hydrogens (tertiary/aromatic N) is 6. The second-order valence-corrected chi connectivity index (χ2v) is 8.03. The molecule has 1 aromatic heterocycles. The van der Waals surface area contributed by atoms with E-state index in [-0.39, 0.29) is 16.7 Å². The molecule has 0 saturated carbocycles. The first-order valence-corrected chi connectivity index (χ1v) is 9.94. The Hall–Kier alpha value is -1.53. The summed E-state index contributed by atoms with van der Waals surface area (Å²) in [6.07, 6.45) is 3.50. The van der Waals surface area contributed by atoms with Gasteiger partial charge in [0.1, 0.15) is 0 Å². The van der Waals surface area contributed by atoms with E-state index >= 15 is 0 Å². The average Bonchev–Trinajstić information content (AvgIpc) is 3.06. The first-order valence-electron chi connectivity index (χ1n) is 8.01. The third-order valence-electron chi connectivity index (χ3n) is 4.12. The Kier molecular flexibility index (Phi) is 5.69. The van der Waals surface area contributed by atoms with Crippen molar-refractivity contribution in [3.05, 3.63) is 24.3 Å². The van der Waals surface area contributed by atoms with Gasteiger partial charge >= 0.3 is 0 Å². The summed E-state index contributed by atoms with van der Waals surface area (Å²) in [6.45, 7) is 2.13. The summed E-state index contributed by atoms with van der Waals surface area (Å²) < 4.78 is 29.2. The lowest BCUT2D eigenvalue weighted by Gasteiger charge is -2.34. The van der Waals surface area contributed by atoms with E-state index in [1.54, 1.807) is 12.1 Å². The summed E-state index contributed by atoms with van der Waals surface area (Å²) in [5.74, 6) is 0. The molecule has 0 aliphatic carbocycles. The third kappa shape index (κ3) is 4.36. The summed E-state index contributed by atoms with van der Waals surface area (Å²) in [4.78, 5) is 0.153. The second-order valence-electron chi connectivity index (χ2n) is 5.87. The SMILES string of the molecule is CN(CNS(=O)(=O)c1cccc(-n2nnnc2S)c1)N1CCCCC1. The minimum atomic E-state index is -3.65. The molecule has 1 N–H and O–H groups in total. The van der Waals surface area contributed by atoms with Crippen molar-refractivity contribution in [1.82, 2.24) is 34.9 Å². The van der Waals surface area contributed by atoms with E-state index < -0.39 is 10.0 Å². The predicted molar refractivity (Wildman–Crippen MR) is 94.8 cm³/mol. The highest BCUT2D eigenvalue weighted by atomic mass is 32.2. The zero-order valence-corrected chi connectivity index (χ0v) is 15.6. The lowest BCUT2D eigenvalue weighted by atomic mass is 10.2. The van der Waals surface area contributed by atoms with Crippen LogP contribution >= 0.6 is 12.6 Å². The number of rotatable bonds is 6. The van der Waals surface area contributed by atoms with E-state index in [2.05, 4.69) is 37.9 Å². The fourth-order valence-corrected chi connectivity index (χ4v) is 3.96. The van der Waals surface area contributed by atoms with Crippen molar-refractivity contribution in [3.63, 3.8) is 0 Å². The maximum atomic E-state index is 12.6. The van der Waals surface area contributed by atoms with E-state index in [1.165, 1.54) is 23.2 Å². The number of piperidine rings is 1. The number of tetrazole rings is 1. The van der Waals surface area contributed by atoms with Crippen molar-refractivity contribution in [1.29, 1.82) is 0 Å². The molecule has 0 atom stereocenters. The number of thiol groups is 1. The highest BCUT2D eigenvalue weighted by molar-refractivity contribution is 7.89. The molecular formula is C14H21N7O2S2. The molecule has 1 aliphatic heterocycles. The van der Waals surface area contributed by atoms with Gasteiger partial charge in [0.05, 0.1) is 17.3 Å². The van der Waals surface area contributed by atoms with Crippen molar-refractivity contribution < 1.29 is 8.42 Å². The van der Waals surface area contributed by atoms with Crippen LogP contribution in [0.15, 0.2) is 34.3 Å². The quantitative estimate of drug-likeness (QED) is 0.554. The van der Waals surface area contributed by atoms with Crippen LogP contribution < -0.4 is 4.72 Å². The van der Waals surface area contributed by atoms with Gasteiger partial charge in [-0.3, -0.25) is 0 Å². The Labute approximate surface area is 152 Å². The first-order chi connectivity index (χ1) is 12.0. The molecule has 9 nitrogen and oxygen atoms in total. The van der Waals surface area contributed by atoms with E-state index in [1.807, 2.05) is 12.1 Å². The van der Waals surface area contributed by atoms with Crippen LogP contribution in [0.5, 0.6) is 0 Å². The van der Waals surface area contributed by atoms with Crippen LogP contribution in [0.4, 0.5) is 0 Å². The molecule has 25 heavy (non-hydrogen) atoms. The molecule has 1 saturated heterocycles. The molecule has 2 aromatic rings. The average molecular weight is 384 g/mol. The van der Waals surface area contributed by atoms with Crippen LogP contribution in [0.3, 0.4) is 0 Å². The van der Waals surface area contributed by atoms with Crippen molar-refractivity contribution >= 4 is 22.7 Å². The Morgan fingerprint density at radius 3 is 2.72 bits per heavy atom. The number of hydrazine groups is 1. The summed E-state index contributed by atoms with van der Waals surface area (Å²) in [7, 11) is -1.76. The summed E-state index contributed by atoms with van der Waals surface area (Å²) >= 11 is 4.14. The summed E-state index contributed by atoms with van der Waals surface area (Å²) in [6, 6.07) is 6.41. The third-order valence-corrected chi connectivity index (χ3v) is 5.79. The van der Waals surface area contributed by atoms with Gasteiger partial charge in [0.2, 0.25) is 15.2 Å². The van der Waals surface area contributed by atoms with Gasteiger partial charge in [0, 0.05) is 20.1 Å². The summed E-state index contributed by atoms with van der Waals surface area (Å²) in [5, 5.41) is 15.3. The van der Waals surface area contributed by atoms with Crippen LogP contribution in [0.25, 0.3) is 5.69 Å². The van der Waals surface area contributed by atoms with Crippen molar-refractivity contribution in [2.24, 2.45) is 0 Å². The molecular weight excluding hydrogens is 362 g/mol. The van der Waals surface area contributed by atoms with Crippen LogP contribution in [0, 0.1) is 0 Å². The molecule has 0 spiro atoms. The van der Waals surface area contributed by atoms with Gasteiger partial charge in [0.25, 0.3) is 0 Å². The molecule has 3 rings (SSSR count). The molecule has 0 amide bonds. The highest BCUT2D eigenvalue weighted by Gasteiger charge is 2.19. The molecule has 0 bridgehead atoms. The molecule has 11 heteroatoms. The lowest BCUT2D eigenvalue weighted by Crippen LogP contribution is -2.48. The predicted octanol–water partition coefficient (Wildman–Crippen LogP) is 0.519. The van der Waals surface area contributed by atoms with Crippen LogP contribution in [-0.2, 0) is 10.0 Å². The zero-order chi connectivity index (χ0) is 17.9. The minimum absolute atomic E-state index is 0.153. The molecule has 136 valence electrons. The second kappa shape index (κ2) is 7.79. The topological polar surface area (TPSA) is 96.2 Å². The van der Waals surface area contributed by atoms with Crippen molar-refractivity contribution in [2.45, 2.75) is 29.3 Å².